The highest BCUT2D eigenvalue weighted by Crippen LogP contribution is 2.30. The van der Waals surface area contributed by atoms with Crippen molar-refractivity contribution in [3.63, 3.8) is 0 Å². The van der Waals surface area contributed by atoms with E-state index in [1.807, 2.05) is 26.8 Å². The Bertz CT molecular complexity index is 665. The molecule has 1 saturated heterocycles. The van der Waals surface area contributed by atoms with Gasteiger partial charge in [0.25, 0.3) is 11.8 Å². The smallest absolute Gasteiger partial charge is 0.263 e. The Morgan fingerprint density at radius 2 is 2.19 bits per heavy atom. The lowest BCUT2D eigenvalue weighted by Gasteiger charge is -2.09. The molecule has 0 spiro atoms. The van der Waals surface area contributed by atoms with Gasteiger partial charge >= 0.3 is 0 Å². The molecular weight excluding hydrogens is 378 g/mol. The summed E-state index contributed by atoms with van der Waals surface area (Å²) in [6.45, 7) is 5.60. The number of aldehydes is 1. The molecule has 2 rings (SSSR count). The van der Waals surface area contributed by atoms with Gasteiger partial charge in [-0.3, -0.25) is 14.7 Å². The molecule has 1 atom stereocenters. The fourth-order valence-electron chi connectivity index (χ4n) is 2.26. The number of hydrogen-bond acceptors (Lipinski definition) is 5. The average Bonchev–Trinajstić information content (AvgIpc) is 2.93. The SMILES string of the molecule is CC.CCc1nccc(C(=O)NCC=O)c1Cl.CN1CC(F)(F)C[C@H]1C#N. The maximum absolute atomic E-state index is 12.4. The normalized spacial score (nSPS) is 17.5. The molecule has 27 heavy (non-hydrogen) atoms. The maximum Gasteiger partial charge on any atom is 0.263 e. The molecule has 0 radical (unpaired) electrons. The van der Waals surface area contributed by atoms with Crippen molar-refractivity contribution in [2.24, 2.45) is 0 Å². The van der Waals surface area contributed by atoms with Gasteiger partial charge in [-0.1, -0.05) is 32.4 Å². The van der Waals surface area contributed by atoms with Crippen LogP contribution in [-0.4, -0.2) is 54.2 Å². The molecule has 0 bridgehead atoms. The number of carbonyl (C=O) groups is 2. The van der Waals surface area contributed by atoms with Crippen molar-refractivity contribution in [3.05, 3.63) is 28.5 Å². The largest absolute Gasteiger partial charge is 0.345 e. The van der Waals surface area contributed by atoms with Crippen LogP contribution in [0.2, 0.25) is 5.02 Å². The Balaban J connectivity index is 0.000000488. The van der Waals surface area contributed by atoms with Crippen LogP contribution in [0.15, 0.2) is 12.3 Å². The number of halogens is 3. The standard InChI is InChI=1S/C10H11ClN2O2.C6H8F2N2.C2H6/c1-2-8-9(11)7(3-4-12-8)10(15)13-5-6-14;1-10-4-6(7,8)2-5(10)3-9;1-2/h3-4,6H,2,5H2,1H3,(H,13,15);5H,2,4H2,1H3;1-2H3/t;5-;/m.0./s1. The van der Waals surface area contributed by atoms with Gasteiger partial charge in [0.1, 0.15) is 12.3 Å². The van der Waals surface area contributed by atoms with Crippen molar-refractivity contribution >= 4 is 23.8 Å². The van der Waals surface area contributed by atoms with Gasteiger partial charge in [0.05, 0.1) is 35.4 Å². The third-order valence-electron chi connectivity index (χ3n) is 3.54. The molecule has 6 nitrogen and oxygen atoms in total. The molecule has 1 aromatic rings. The van der Waals surface area contributed by atoms with Crippen molar-refractivity contribution in [1.29, 1.82) is 5.26 Å². The molecule has 1 aliphatic heterocycles. The van der Waals surface area contributed by atoms with Crippen LogP contribution in [0.5, 0.6) is 0 Å². The molecule has 1 N–H and O–H groups in total. The van der Waals surface area contributed by atoms with Gasteiger partial charge < -0.3 is 10.1 Å². The highest BCUT2D eigenvalue weighted by atomic mass is 35.5. The monoisotopic (exact) mass is 402 g/mol. The van der Waals surface area contributed by atoms with E-state index < -0.39 is 12.0 Å². The minimum Gasteiger partial charge on any atom is -0.345 e. The number of carbonyl (C=O) groups excluding carboxylic acids is 2. The number of aromatic nitrogens is 1. The first kappa shape index (κ1) is 24.9. The predicted molar refractivity (Wildman–Crippen MR) is 100.0 cm³/mol. The molecule has 1 fully saturated rings. The topological polar surface area (TPSA) is 86.1 Å². The third kappa shape index (κ3) is 7.97. The average molecular weight is 403 g/mol. The number of nitriles is 1. The van der Waals surface area contributed by atoms with Gasteiger partial charge in [0.15, 0.2) is 0 Å². The number of amides is 1. The Morgan fingerprint density at radius 3 is 2.59 bits per heavy atom. The number of nitrogens with zero attached hydrogens (tertiary/aromatic N) is 3. The number of likely N-dealkylation sites (tertiary alicyclic amines) is 1. The highest BCUT2D eigenvalue weighted by Gasteiger charge is 2.43. The summed E-state index contributed by atoms with van der Waals surface area (Å²) >= 11 is 5.97. The minimum atomic E-state index is -2.66. The first-order chi connectivity index (χ1) is 12.8. The van der Waals surface area contributed by atoms with Gasteiger partial charge in [-0.05, 0) is 19.5 Å². The minimum absolute atomic E-state index is 0.0149. The number of pyridine rings is 1. The number of rotatable bonds is 4. The first-order valence-corrected chi connectivity index (χ1v) is 8.96. The molecule has 150 valence electrons. The Hall–Kier alpha value is -2.11. The van der Waals surface area contributed by atoms with Crippen LogP contribution < -0.4 is 5.32 Å². The van der Waals surface area contributed by atoms with E-state index in [0.717, 1.165) is 0 Å². The summed E-state index contributed by atoms with van der Waals surface area (Å²) in [4.78, 5) is 27.0. The van der Waals surface area contributed by atoms with E-state index in [0.29, 0.717) is 29.0 Å². The molecule has 9 heteroatoms. The summed E-state index contributed by atoms with van der Waals surface area (Å²) in [5, 5.41) is 11.1. The second-order valence-corrected chi connectivity index (χ2v) is 5.85. The third-order valence-corrected chi connectivity index (χ3v) is 3.96. The Labute approximate surface area is 163 Å². The first-order valence-electron chi connectivity index (χ1n) is 8.58. The van der Waals surface area contributed by atoms with Gasteiger partial charge in [0.2, 0.25) is 0 Å². The van der Waals surface area contributed by atoms with Crippen LogP contribution in [0.25, 0.3) is 0 Å². The summed E-state index contributed by atoms with van der Waals surface area (Å²) in [5.74, 6) is -3.01. The zero-order valence-electron chi connectivity index (χ0n) is 15.9. The fraction of sp³-hybridized carbons (Fsp3) is 0.556. The molecule has 2 heterocycles. The zero-order chi connectivity index (χ0) is 21.0. The van der Waals surface area contributed by atoms with Crippen molar-refractivity contribution < 1.29 is 18.4 Å². The molecule has 0 aliphatic carbocycles. The van der Waals surface area contributed by atoms with Crippen LogP contribution in [0, 0.1) is 11.3 Å². The van der Waals surface area contributed by atoms with E-state index in [4.69, 9.17) is 16.9 Å². The molecule has 0 aromatic carbocycles. The van der Waals surface area contributed by atoms with E-state index >= 15 is 0 Å². The van der Waals surface area contributed by atoms with E-state index in [-0.39, 0.29) is 25.4 Å². The van der Waals surface area contributed by atoms with E-state index in [2.05, 4.69) is 10.3 Å². The summed E-state index contributed by atoms with van der Waals surface area (Å²) in [6, 6.07) is 2.74. The molecular formula is C18H25ClF2N4O2. The molecule has 0 unspecified atom stereocenters. The second-order valence-electron chi connectivity index (χ2n) is 5.47. The summed E-state index contributed by atoms with van der Waals surface area (Å²) < 4.78 is 24.9. The van der Waals surface area contributed by atoms with E-state index in [1.54, 1.807) is 0 Å². The van der Waals surface area contributed by atoms with Crippen LogP contribution in [-0.2, 0) is 11.2 Å². The van der Waals surface area contributed by atoms with Crippen molar-refractivity contribution in [1.82, 2.24) is 15.2 Å². The lowest BCUT2D eigenvalue weighted by molar-refractivity contribution is -0.107. The molecule has 0 saturated carbocycles. The predicted octanol–water partition coefficient (Wildman–Crippen LogP) is 3.10. The zero-order valence-corrected chi connectivity index (χ0v) is 16.7. The number of alkyl halides is 2. The van der Waals surface area contributed by atoms with Gasteiger partial charge in [-0.15, -0.1) is 0 Å². The number of nitrogens with one attached hydrogen (secondary N) is 1. The van der Waals surface area contributed by atoms with Gasteiger partial charge in [0, 0.05) is 12.6 Å². The molecule has 1 aliphatic rings. The van der Waals surface area contributed by atoms with Gasteiger partial charge in [-0.2, -0.15) is 5.26 Å². The summed E-state index contributed by atoms with van der Waals surface area (Å²) in [7, 11) is 1.54. The lowest BCUT2D eigenvalue weighted by atomic mass is 10.2. The summed E-state index contributed by atoms with van der Waals surface area (Å²) in [5.41, 5.74) is 1.03. The quantitative estimate of drug-likeness (QED) is 0.782. The molecule has 1 aromatic heterocycles. The van der Waals surface area contributed by atoms with E-state index in [1.165, 1.54) is 24.2 Å². The maximum atomic E-state index is 12.4. The van der Waals surface area contributed by atoms with Crippen LogP contribution in [0.1, 0.15) is 43.2 Å². The fourth-order valence-corrected chi connectivity index (χ4v) is 2.59. The highest BCUT2D eigenvalue weighted by molar-refractivity contribution is 6.34. The Morgan fingerprint density at radius 1 is 1.56 bits per heavy atom. The molecule has 1 amide bonds. The van der Waals surface area contributed by atoms with Crippen LogP contribution in [0.3, 0.4) is 0 Å². The summed E-state index contributed by atoms with van der Waals surface area (Å²) in [6.07, 6.45) is 2.49. The van der Waals surface area contributed by atoms with Gasteiger partial charge in [-0.25, -0.2) is 8.78 Å². The number of aryl methyl sites for hydroxylation is 1. The van der Waals surface area contributed by atoms with Crippen molar-refractivity contribution in [3.8, 4) is 6.07 Å². The lowest BCUT2D eigenvalue weighted by Crippen LogP contribution is -2.25. The number of hydrogen-bond donors (Lipinski definition) is 1. The van der Waals surface area contributed by atoms with E-state index in [9.17, 15) is 18.4 Å². The Kier molecular flexibility index (Phi) is 11.3. The second kappa shape index (κ2) is 12.3. The van der Waals surface area contributed by atoms with Crippen molar-refractivity contribution in [2.45, 2.75) is 45.6 Å². The van der Waals surface area contributed by atoms with Crippen LogP contribution >= 0.6 is 11.6 Å². The van der Waals surface area contributed by atoms with Crippen LogP contribution in [0.4, 0.5) is 8.78 Å². The van der Waals surface area contributed by atoms with Crippen molar-refractivity contribution in [2.75, 3.05) is 20.1 Å².